The summed E-state index contributed by atoms with van der Waals surface area (Å²) in [4.78, 5) is 21.9. The van der Waals surface area contributed by atoms with Gasteiger partial charge in [0.1, 0.15) is 6.11 Å². The lowest BCUT2D eigenvalue weighted by Gasteiger charge is -2.02. The zero-order valence-electron chi connectivity index (χ0n) is 8.91. The number of hydrogen-bond acceptors (Lipinski definition) is 4. The third kappa shape index (κ3) is 5.06. The van der Waals surface area contributed by atoms with E-state index in [9.17, 15) is 9.59 Å². The number of hydrogen-bond donors (Lipinski definition) is 0. The first-order valence-electron chi connectivity index (χ1n) is 4.98. The van der Waals surface area contributed by atoms with Crippen molar-refractivity contribution < 1.29 is 19.1 Å². The van der Waals surface area contributed by atoms with Crippen molar-refractivity contribution in [2.75, 3.05) is 6.61 Å². The van der Waals surface area contributed by atoms with E-state index in [1.54, 1.807) is 0 Å². The summed E-state index contributed by atoms with van der Waals surface area (Å²) in [6.45, 7) is 4.17. The monoisotopic (exact) mass is 210 g/mol. The van der Waals surface area contributed by atoms with Crippen molar-refractivity contribution in [3.8, 4) is 12.0 Å². The summed E-state index contributed by atoms with van der Waals surface area (Å²) in [5.41, 5.74) is 0. The van der Waals surface area contributed by atoms with E-state index >= 15 is 0 Å². The van der Waals surface area contributed by atoms with E-state index in [4.69, 9.17) is 4.74 Å². The average molecular weight is 210 g/mol. The van der Waals surface area contributed by atoms with Crippen molar-refractivity contribution in [1.29, 1.82) is 0 Å². The van der Waals surface area contributed by atoms with Gasteiger partial charge in [0.25, 0.3) is 0 Å². The van der Waals surface area contributed by atoms with Crippen LogP contribution in [0.5, 0.6) is 0 Å². The van der Waals surface area contributed by atoms with Crippen molar-refractivity contribution in [3.63, 3.8) is 0 Å². The van der Waals surface area contributed by atoms with Crippen LogP contribution in [-0.4, -0.2) is 18.5 Å². The Morgan fingerprint density at radius 3 is 2.60 bits per heavy atom. The van der Waals surface area contributed by atoms with Gasteiger partial charge in [-0.1, -0.05) is 13.8 Å². The second-order valence-corrected chi connectivity index (χ2v) is 3.91. The van der Waals surface area contributed by atoms with Crippen molar-refractivity contribution in [2.24, 2.45) is 11.8 Å². The normalized spacial score (nSPS) is 14.1. The number of ether oxygens (including phenoxy) is 2. The predicted molar refractivity (Wildman–Crippen MR) is 52.4 cm³/mol. The van der Waals surface area contributed by atoms with Gasteiger partial charge in [-0.2, -0.15) is 0 Å². The number of esters is 2. The Labute approximate surface area is 88.9 Å². The van der Waals surface area contributed by atoms with E-state index in [0.29, 0.717) is 6.61 Å². The molecule has 0 amide bonds. The Kier molecular flexibility index (Phi) is 4.17. The molecule has 1 aliphatic carbocycles. The van der Waals surface area contributed by atoms with Gasteiger partial charge in [-0.25, -0.2) is 4.79 Å². The Morgan fingerprint density at radius 1 is 1.40 bits per heavy atom. The van der Waals surface area contributed by atoms with Crippen LogP contribution in [0.15, 0.2) is 0 Å². The molecule has 82 valence electrons. The molecule has 4 heteroatoms. The number of rotatable bonds is 3. The van der Waals surface area contributed by atoms with Gasteiger partial charge in [0.05, 0.1) is 18.4 Å². The number of carbonyl (C=O) groups excluding carboxylic acids is 2. The van der Waals surface area contributed by atoms with Crippen molar-refractivity contribution in [3.05, 3.63) is 0 Å². The summed E-state index contributed by atoms with van der Waals surface area (Å²) in [7, 11) is 0. The maximum atomic E-state index is 11.0. The zero-order valence-corrected chi connectivity index (χ0v) is 8.91. The minimum Gasteiger partial charge on any atom is -0.456 e. The summed E-state index contributed by atoms with van der Waals surface area (Å²) in [5, 5.41) is 0. The van der Waals surface area contributed by atoms with Crippen LogP contribution in [0.4, 0.5) is 0 Å². The molecule has 0 unspecified atom stereocenters. The molecule has 0 saturated heterocycles. The quantitative estimate of drug-likeness (QED) is 0.517. The molecule has 1 fully saturated rings. The van der Waals surface area contributed by atoms with Gasteiger partial charge in [-0.3, -0.25) is 4.79 Å². The minimum absolute atomic E-state index is 0.00835. The highest BCUT2D eigenvalue weighted by Gasteiger charge is 2.31. The number of carbonyl (C=O) groups is 2. The lowest BCUT2D eigenvalue weighted by Crippen LogP contribution is -2.08. The molecule has 1 aliphatic rings. The molecular weight excluding hydrogens is 196 g/mol. The zero-order chi connectivity index (χ0) is 11.3. The van der Waals surface area contributed by atoms with Crippen LogP contribution in [0, 0.1) is 23.9 Å². The molecule has 0 aromatic heterocycles. The molecule has 0 heterocycles. The fourth-order valence-corrected chi connectivity index (χ4v) is 0.798. The van der Waals surface area contributed by atoms with Crippen LogP contribution in [-0.2, 0) is 19.1 Å². The first-order valence-corrected chi connectivity index (χ1v) is 4.98. The van der Waals surface area contributed by atoms with Gasteiger partial charge in [0, 0.05) is 0 Å². The third-order valence-electron chi connectivity index (χ3n) is 1.76. The van der Waals surface area contributed by atoms with Gasteiger partial charge < -0.3 is 9.47 Å². The van der Waals surface area contributed by atoms with Crippen LogP contribution in [0.1, 0.15) is 26.7 Å². The van der Waals surface area contributed by atoms with Gasteiger partial charge in [0.2, 0.25) is 0 Å². The second kappa shape index (κ2) is 5.40. The third-order valence-corrected chi connectivity index (χ3v) is 1.76. The van der Waals surface area contributed by atoms with Crippen LogP contribution in [0.3, 0.4) is 0 Å². The second-order valence-electron chi connectivity index (χ2n) is 3.91. The summed E-state index contributed by atoms with van der Waals surface area (Å²) >= 11 is 0. The Hall–Kier alpha value is -1.50. The molecule has 0 atom stereocenters. The van der Waals surface area contributed by atoms with E-state index in [1.807, 2.05) is 13.8 Å². The molecule has 1 rings (SSSR count). The van der Waals surface area contributed by atoms with Gasteiger partial charge in [-0.05, 0) is 18.8 Å². The van der Waals surface area contributed by atoms with E-state index in [2.05, 4.69) is 16.8 Å². The molecule has 0 bridgehead atoms. The predicted octanol–water partition coefficient (Wildman–Crippen LogP) is 1.10. The van der Waals surface area contributed by atoms with Gasteiger partial charge in [0.15, 0.2) is 0 Å². The first-order chi connectivity index (χ1) is 7.09. The van der Waals surface area contributed by atoms with Crippen LogP contribution in [0.2, 0.25) is 0 Å². The van der Waals surface area contributed by atoms with Crippen molar-refractivity contribution >= 4 is 11.9 Å². The largest absolute Gasteiger partial charge is 0.456 e. The summed E-state index contributed by atoms with van der Waals surface area (Å²) in [5.74, 6) is 1.35. The fourth-order valence-electron chi connectivity index (χ4n) is 0.798. The Balaban J connectivity index is 2.18. The van der Waals surface area contributed by atoms with Crippen molar-refractivity contribution in [2.45, 2.75) is 26.7 Å². The Bertz CT molecular complexity index is 304. The smallest absolute Gasteiger partial charge is 0.387 e. The van der Waals surface area contributed by atoms with E-state index in [-0.39, 0.29) is 17.8 Å². The van der Waals surface area contributed by atoms with E-state index in [0.717, 1.165) is 12.8 Å². The van der Waals surface area contributed by atoms with Gasteiger partial charge in [-0.15, -0.1) is 0 Å². The maximum Gasteiger partial charge on any atom is 0.387 e. The SMILES string of the molecule is CC(C)COC(=O)C#COC(=O)C1CC1. The molecule has 15 heavy (non-hydrogen) atoms. The summed E-state index contributed by atoms with van der Waals surface area (Å²) < 4.78 is 9.30. The van der Waals surface area contributed by atoms with Crippen LogP contribution < -0.4 is 0 Å². The highest BCUT2D eigenvalue weighted by molar-refractivity contribution is 5.88. The molecular formula is C11H14O4. The molecule has 0 N–H and O–H groups in total. The van der Waals surface area contributed by atoms with E-state index in [1.165, 1.54) is 0 Å². The summed E-state index contributed by atoms with van der Waals surface area (Å²) in [6.07, 6.45) is 3.77. The minimum atomic E-state index is -0.660. The Morgan fingerprint density at radius 2 is 2.07 bits per heavy atom. The van der Waals surface area contributed by atoms with Crippen molar-refractivity contribution in [1.82, 2.24) is 0 Å². The van der Waals surface area contributed by atoms with Crippen LogP contribution >= 0.6 is 0 Å². The highest BCUT2D eigenvalue weighted by atomic mass is 16.5. The molecule has 0 spiro atoms. The molecule has 0 radical (unpaired) electrons. The van der Waals surface area contributed by atoms with Gasteiger partial charge >= 0.3 is 11.9 Å². The maximum absolute atomic E-state index is 11.0. The lowest BCUT2D eigenvalue weighted by atomic mass is 10.2. The first kappa shape index (κ1) is 11.6. The van der Waals surface area contributed by atoms with E-state index < -0.39 is 5.97 Å². The molecule has 4 nitrogen and oxygen atoms in total. The molecule has 0 aliphatic heterocycles. The fraction of sp³-hybridized carbons (Fsp3) is 0.636. The average Bonchev–Trinajstić information content (AvgIpc) is 2.97. The molecule has 1 saturated carbocycles. The van der Waals surface area contributed by atoms with Crippen LogP contribution in [0.25, 0.3) is 0 Å². The summed E-state index contributed by atoms with van der Waals surface area (Å²) in [6, 6.07) is 0. The lowest BCUT2D eigenvalue weighted by molar-refractivity contribution is -0.138. The molecule has 0 aromatic rings. The standard InChI is InChI=1S/C11H14O4/c1-8(2)7-15-10(12)5-6-14-11(13)9-3-4-9/h8-9H,3-4,7H2,1-2H3. The molecule has 0 aromatic carbocycles. The highest BCUT2D eigenvalue weighted by Crippen LogP contribution is 2.29. The topological polar surface area (TPSA) is 52.6 Å².